The zero-order chi connectivity index (χ0) is 11.7. The van der Waals surface area contributed by atoms with Crippen molar-refractivity contribution in [3.05, 3.63) is 53.1 Å². The van der Waals surface area contributed by atoms with E-state index >= 15 is 0 Å². The molecular formula is C15H14ClN. The number of hydrogen-bond acceptors (Lipinski definition) is 1. The van der Waals surface area contributed by atoms with Gasteiger partial charge in [-0.05, 0) is 42.2 Å². The Bertz CT molecular complexity index is 548. The topological polar surface area (TPSA) is 12.0 Å². The first-order chi connectivity index (χ1) is 8.34. The van der Waals surface area contributed by atoms with Gasteiger partial charge in [0.05, 0.1) is 0 Å². The molecular weight excluding hydrogens is 230 g/mol. The molecule has 0 unspecified atom stereocenters. The summed E-state index contributed by atoms with van der Waals surface area (Å²) in [6, 6.07) is 14.5. The lowest BCUT2D eigenvalue weighted by atomic mass is 9.97. The van der Waals surface area contributed by atoms with Crippen molar-refractivity contribution in [3.8, 4) is 11.1 Å². The van der Waals surface area contributed by atoms with Crippen molar-refractivity contribution in [2.24, 2.45) is 0 Å². The number of nitrogens with one attached hydrogen (secondary N) is 1. The van der Waals surface area contributed by atoms with E-state index in [9.17, 15) is 0 Å². The number of aryl methyl sites for hydroxylation is 1. The lowest BCUT2D eigenvalue weighted by molar-refractivity contribution is 0.830. The van der Waals surface area contributed by atoms with Crippen molar-refractivity contribution in [1.29, 1.82) is 0 Å². The van der Waals surface area contributed by atoms with Gasteiger partial charge in [0.15, 0.2) is 0 Å². The molecule has 1 N–H and O–H groups in total. The van der Waals surface area contributed by atoms with Gasteiger partial charge in [-0.1, -0.05) is 35.9 Å². The Morgan fingerprint density at radius 3 is 2.82 bits per heavy atom. The van der Waals surface area contributed by atoms with Gasteiger partial charge in [-0.15, -0.1) is 0 Å². The van der Waals surface area contributed by atoms with Crippen LogP contribution in [0.1, 0.15) is 12.0 Å². The molecule has 0 fully saturated rings. The molecule has 0 radical (unpaired) electrons. The van der Waals surface area contributed by atoms with Gasteiger partial charge in [0.25, 0.3) is 0 Å². The second-order valence-corrected chi connectivity index (χ2v) is 4.79. The quantitative estimate of drug-likeness (QED) is 0.785. The minimum Gasteiger partial charge on any atom is -0.385 e. The first-order valence-electron chi connectivity index (χ1n) is 5.96. The molecule has 1 nitrogen and oxygen atoms in total. The summed E-state index contributed by atoms with van der Waals surface area (Å²) >= 11 is 6.23. The highest BCUT2D eigenvalue weighted by molar-refractivity contribution is 6.33. The Kier molecular flexibility index (Phi) is 2.77. The summed E-state index contributed by atoms with van der Waals surface area (Å²) in [5.41, 5.74) is 4.99. The van der Waals surface area contributed by atoms with Gasteiger partial charge in [0.2, 0.25) is 0 Å². The molecule has 2 heteroatoms. The number of anilines is 1. The van der Waals surface area contributed by atoms with Crippen LogP contribution in [0.2, 0.25) is 5.02 Å². The van der Waals surface area contributed by atoms with Crippen LogP contribution in [0.4, 0.5) is 5.69 Å². The van der Waals surface area contributed by atoms with Crippen molar-refractivity contribution in [1.82, 2.24) is 0 Å². The monoisotopic (exact) mass is 243 g/mol. The van der Waals surface area contributed by atoms with Gasteiger partial charge in [-0.3, -0.25) is 0 Å². The van der Waals surface area contributed by atoms with Gasteiger partial charge in [-0.25, -0.2) is 0 Å². The fourth-order valence-electron chi connectivity index (χ4n) is 2.34. The van der Waals surface area contributed by atoms with Gasteiger partial charge >= 0.3 is 0 Å². The molecule has 1 heterocycles. The molecule has 86 valence electrons. The van der Waals surface area contributed by atoms with Crippen molar-refractivity contribution in [2.75, 3.05) is 11.9 Å². The minimum atomic E-state index is 0.816. The van der Waals surface area contributed by atoms with E-state index in [-0.39, 0.29) is 0 Å². The van der Waals surface area contributed by atoms with E-state index < -0.39 is 0 Å². The summed E-state index contributed by atoms with van der Waals surface area (Å²) < 4.78 is 0. The molecule has 1 aliphatic heterocycles. The van der Waals surface area contributed by atoms with E-state index in [1.165, 1.54) is 23.2 Å². The van der Waals surface area contributed by atoms with Crippen LogP contribution in [0.25, 0.3) is 11.1 Å². The average Bonchev–Trinajstić information content (AvgIpc) is 2.39. The van der Waals surface area contributed by atoms with Crippen LogP contribution in [0, 0.1) is 0 Å². The van der Waals surface area contributed by atoms with E-state index in [1.54, 1.807) is 0 Å². The summed E-state index contributed by atoms with van der Waals surface area (Å²) in [5, 5.41) is 4.24. The fourth-order valence-corrected chi connectivity index (χ4v) is 2.58. The molecule has 3 rings (SSSR count). The van der Waals surface area contributed by atoms with E-state index in [4.69, 9.17) is 11.6 Å². The molecule has 0 saturated carbocycles. The molecule has 0 aromatic heterocycles. The van der Waals surface area contributed by atoms with Crippen molar-refractivity contribution in [3.63, 3.8) is 0 Å². The predicted octanol–water partition coefficient (Wildman–Crippen LogP) is 4.37. The summed E-state index contributed by atoms with van der Waals surface area (Å²) in [6.07, 6.45) is 2.36. The van der Waals surface area contributed by atoms with Gasteiger partial charge < -0.3 is 5.32 Å². The molecule has 2 aromatic rings. The Morgan fingerprint density at radius 2 is 1.94 bits per heavy atom. The number of benzene rings is 2. The maximum atomic E-state index is 6.23. The summed E-state index contributed by atoms with van der Waals surface area (Å²) in [7, 11) is 0. The smallest absolute Gasteiger partial charge is 0.0484 e. The Balaban J connectivity index is 2.07. The Labute approximate surface area is 106 Å². The van der Waals surface area contributed by atoms with Crippen molar-refractivity contribution in [2.45, 2.75) is 12.8 Å². The zero-order valence-corrected chi connectivity index (χ0v) is 10.3. The molecule has 0 spiro atoms. The molecule has 1 aliphatic rings. The zero-order valence-electron chi connectivity index (χ0n) is 9.54. The van der Waals surface area contributed by atoms with E-state index in [0.29, 0.717) is 0 Å². The number of rotatable bonds is 1. The summed E-state index contributed by atoms with van der Waals surface area (Å²) in [6.45, 7) is 1.08. The fraction of sp³-hybridized carbons (Fsp3) is 0.200. The van der Waals surface area contributed by atoms with E-state index in [2.05, 4.69) is 29.6 Å². The average molecular weight is 244 g/mol. The van der Waals surface area contributed by atoms with Crippen LogP contribution in [0.3, 0.4) is 0 Å². The third-order valence-corrected chi connectivity index (χ3v) is 3.56. The standard InChI is InChI=1S/C15H14ClN/c16-14-6-2-1-5-13(14)11-7-8-15-12(10-11)4-3-9-17-15/h1-2,5-8,10,17H,3-4,9H2. The van der Waals surface area contributed by atoms with Crippen LogP contribution in [0.15, 0.2) is 42.5 Å². The molecule has 0 bridgehead atoms. The number of halogens is 1. The molecule has 0 aliphatic carbocycles. The normalized spacial score (nSPS) is 13.9. The van der Waals surface area contributed by atoms with Crippen molar-refractivity contribution < 1.29 is 0 Å². The highest BCUT2D eigenvalue weighted by Crippen LogP contribution is 2.31. The lowest BCUT2D eigenvalue weighted by Gasteiger charge is -2.19. The molecule has 2 aromatic carbocycles. The highest BCUT2D eigenvalue weighted by Gasteiger charge is 2.10. The predicted molar refractivity (Wildman–Crippen MR) is 73.7 cm³/mol. The van der Waals surface area contributed by atoms with Crippen LogP contribution < -0.4 is 5.32 Å². The molecule has 0 atom stereocenters. The van der Waals surface area contributed by atoms with Crippen LogP contribution in [0.5, 0.6) is 0 Å². The maximum Gasteiger partial charge on any atom is 0.0484 e. The summed E-state index contributed by atoms with van der Waals surface area (Å²) in [4.78, 5) is 0. The highest BCUT2D eigenvalue weighted by atomic mass is 35.5. The summed E-state index contributed by atoms with van der Waals surface area (Å²) in [5.74, 6) is 0. The van der Waals surface area contributed by atoms with E-state index in [1.807, 2.05) is 18.2 Å². The number of hydrogen-bond donors (Lipinski definition) is 1. The van der Waals surface area contributed by atoms with Crippen LogP contribution >= 0.6 is 11.6 Å². The Hall–Kier alpha value is -1.47. The first-order valence-corrected chi connectivity index (χ1v) is 6.34. The molecule has 0 saturated heterocycles. The molecule has 0 amide bonds. The van der Waals surface area contributed by atoms with Gasteiger partial charge in [-0.2, -0.15) is 0 Å². The number of fused-ring (bicyclic) bond motifs is 1. The van der Waals surface area contributed by atoms with Crippen LogP contribution in [-0.2, 0) is 6.42 Å². The third kappa shape index (κ3) is 2.03. The Morgan fingerprint density at radius 1 is 1.06 bits per heavy atom. The first kappa shape index (κ1) is 10.7. The van der Waals surface area contributed by atoms with Crippen LogP contribution in [-0.4, -0.2) is 6.54 Å². The minimum absolute atomic E-state index is 0.816. The second-order valence-electron chi connectivity index (χ2n) is 4.38. The van der Waals surface area contributed by atoms with Crippen molar-refractivity contribution >= 4 is 17.3 Å². The van der Waals surface area contributed by atoms with Gasteiger partial charge in [0, 0.05) is 22.8 Å². The van der Waals surface area contributed by atoms with Gasteiger partial charge in [0.1, 0.15) is 0 Å². The third-order valence-electron chi connectivity index (χ3n) is 3.23. The SMILES string of the molecule is Clc1ccccc1-c1ccc2c(c1)CCCN2. The second kappa shape index (κ2) is 4.42. The molecule has 17 heavy (non-hydrogen) atoms. The maximum absolute atomic E-state index is 6.23. The lowest BCUT2D eigenvalue weighted by Crippen LogP contribution is -2.11. The van der Waals surface area contributed by atoms with E-state index in [0.717, 1.165) is 23.6 Å². The largest absolute Gasteiger partial charge is 0.385 e.